The number of carbonyl (C=O) groups excluding carboxylic acids is 1. The van der Waals surface area contributed by atoms with E-state index in [9.17, 15) is 15.2 Å². The molecule has 0 saturated carbocycles. The minimum atomic E-state index is -0.802. The second-order valence-electron chi connectivity index (χ2n) is 5.17. The van der Waals surface area contributed by atoms with Crippen LogP contribution in [0.15, 0.2) is 39.4 Å². The van der Waals surface area contributed by atoms with Gasteiger partial charge < -0.3 is 25.1 Å². The van der Waals surface area contributed by atoms with Gasteiger partial charge in [0, 0.05) is 0 Å². The SMILES string of the molecule is CCOC(=O)C1=C(C)OC(N)=C(C#N)[C@@H]1c1cc(Br)c(O)c(OC)c1. The second kappa shape index (κ2) is 7.49. The summed E-state index contributed by atoms with van der Waals surface area (Å²) in [6.45, 7) is 3.43. The van der Waals surface area contributed by atoms with Crippen molar-refractivity contribution in [2.45, 2.75) is 19.8 Å². The zero-order valence-electron chi connectivity index (χ0n) is 13.9. The molecule has 1 aromatic rings. The monoisotopic (exact) mass is 408 g/mol. The number of hydrogen-bond acceptors (Lipinski definition) is 7. The van der Waals surface area contributed by atoms with Gasteiger partial charge in [-0.1, -0.05) is 0 Å². The van der Waals surface area contributed by atoms with E-state index < -0.39 is 11.9 Å². The summed E-state index contributed by atoms with van der Waals surface area (Å²) >= 11 is 3.24. The molecule has 2 rings (SSSR count). The highest BCUT2D eigenvalue weighted by Gasteiger charge is 2.37. The summed E-state index contributed by atoms with van der Waals surface area (Å²) in [6, 6.07) is 5.11. The first-order valence-corrected chi connectivity index (χ1v) is 8.16. The minimum Gasteiger partial charge on any atom is -0.503 e. The zero-order valence-corrected chi connectivity index (χ0v) is 15.5. The van der Waals surface area contributed by atoms with Crippen LogP contribution in [0.2, 0.25) is 0 Å². The first-order chi connectivity index (χ1) is 11.8. The van der Waals surface area contributed by atoms with E-state index in [0.717, 1.165) is 0 Å². The Morgan fingerprint density at radius 1 is 1.52 bits per heavy atom. The number of aromatic hydroxyl groups is 1. The van der Waals surface area contributed by atoms with Gasteiger partial charge in [-0.3, -0.25) is 0 Å². The Labute approximate surface area is 153 Å². The Balaban J connectivity index is 2.71. The molecule has 0 unspecified atom stereocenters. The number of phenols is 1. The van der Waals surface area contributed by atoms with Crippen LogP contribution in [0.25, 0.3) is 0 Å². The second-order valence-corrected chi connectivity index (χ2v) is 6.02. The number of phenolic OH excluding ortho intramolecular Hbond substituents is 1. The average Bonchev–Trinajstić information content (AvgIpc) is 2.56. The molecule has 0 bridgehead atoms. The molecule has 132 valence electrons. The number of nitriles is 1. The molecule has 3 N–H and O–H groups in total. The molecule has 1 aromatic carbocycles. The number of hydrogen-bond donors (Lipinski definition) is 2. The predicted octanol–water partition coefficient (Wildman–Crippen LogP) is 2.81. The standard InChI is InChI=1S/C17H17BrN2O5/c1-4-24-17(22)13-8(2)25-16(20)10(7-19)14(13)9-5-11(18)15(21)12(6-9)23-3/h5-6,14,21H,4,20H2,1-3H3/t14-/m0/s1. The van der Waals surface area contributed by atoms with Crippen molar-refractivity contribution in [3.05, 3.63) is 45.0 Å². The van der Waals surface area contributed by atoms with Crippen LogP contribution in [0.1, 0.15) is 25.3 Å². The Morgan fingerprint density at radius 2 is 2.20 bits per heavy atom. The lowest BCUT2D eigenvalue weighted by atomic mass is 9.83. The van der Waals surface area contributed by atoms with Gasteiger partial charge in [0.1, 0.15) is 17.4 Å². The zero-order chi connectivity index (χ0) is 18.7. The van der Waals surface area contributed by atoms with E-state index in [1.54, 1.807) is 19.9 Å². The van der Waals surface area contributed by atoms with Crippen LogP contribution in [0.3, 0.4) is 0 Å². The molecular formula is C17H17BrN2O5. The van der Waals surface area contributed by atoms with Crippen LogP contribution in [0.4, 0.5) is 0 Å². The molecule has 0 fully saturated rings. The normalized spacial score (nSPS) is 17.0. The number of methoxy groups -OCH3 is 1. The van der Waals surface area contributed by atoms with Crippen LogP contribution >= 0.6 is 15.9 Å². The van der Waals surface area contributed by atoms with Gasteiger partial charge in [0.2, 0.25) is 5.88 Å². The molecule has 1 aliphatic heterocycles. The van der Waals surface area contributed by atoms with Crippen LogP contribution in [-0.2, 0) is 14.3 Å². The van der Waals surface area contributed by atoms with Crippen molar-refractivity contribution in [3.63, 3.8) is 0 Å². The van der Waals surface area contributed by atoms with Gasteiger partial charge in [-0.15, -0.1) is 0 Å². The van der Waals surface area contributed by atoms with E-state index in [0.29, 0.717) is 10.0 Å². The van der Waals surface area contributed by atoms with Crippen LogP contribution in [-0.4, -0.2) is 24.8 Å². The van der Waals surface area contributed by atoms with Crippen LogP contribution < -0.4 is 10.5 Å². The van der Waals surface area contributed by atoms with Gasteiger partial charge in [-0.05, 0) is 47.5 Å². The summed E-state index contributed by atoms with van der Waals surface area (Å²) < 4.78 is 16.0. The molecule has 0 aliphatic carbocycles. The number of rotatable bonds is 4. The fraction of sp³-hybridized carbons (Fsp3) is 0.294. The number of allylic oxidation sites excluding steroid dienone is 2. The average molecular weight is 409 g/mol. The maximum atomic E-state index is 12.4. The summed E-state index contributed by atoms with van der Waals surface area (Å²) in [5.74, 6) is -1.14. The van der Waals surface area contributed by atoms with Crippen molar-refractivity contribution in [2.24, 2.45) is 5.73 Å². The maximum absolute atomic E-state index is 12.4. The number of benzene rings is 1. The van der Waals surface area contributed by atoms with E-state index in [4.69, 9.17) is 19.9 Å². The maximum Gasteiger partial charge on any atom is 0.338 e. The number of carbonyl (C=O) groups is 1. The van der Waals surface area contributed by atoms with Crippen molar-refractivity contribution in [1.29, 1.82) is 5.26 Å². The summed E-state index contributed by atoms with van der Waals surface area (Å²) in [5.41, 5.74) is 6.61. The Bertz CT molecular complexity index is 823. The minimum absolute atomic E-state index is 0.0771. The first kappa shape index (κ1) is 18.7. The van der Waals surface area contributed by atoms with Gasteiger partial charge in [0.15, 0.2) is 11.5 Å². The topological polar surface area (TPSA) is 115 Å². The van der Waals surface area contributed by atoms with Crippen LogP contribution in [0, 0.1) is 11.3 Å². The third-order valence-corrected chi connectivity index (χ3v) is 4.31. The summed E-state index contributed by atoms with van der Waals surface area (Å²) in [5, 5.41) is 19.5. The van der Waals surface area contributed by atoms with E-state index in [-0.39, 0.29) is 40.9 Å². The molecule has 0 saturated heterocycles. The van der Waals surface area contributed by atoms with Crippen molar-refractivity contribution in [2.75, 3.05) is 13.7 Å². The van der Waals surface area contributed by atoms with Gasteiger partial charge in [0.05, 0.1) is 29.7 Å². The molecule has 1 heterocycles. The molecule has 0 aromatic heterocycles. The van der Waals surface area contributed by atoms with Crippen molar-refractivity contribution in [3.8, 4) is 17.6 Å². The van der Waals surface area contributed by atoms with Gasteiger partial charge in [-0.25, -0.2) is 4.79 Å². The van der Waals surface area contributed by atoms with Crippen molar-refractivity contribution in [1.82, 2.24) is 0 Å². The Morgan fingerprint density at radius 3 is 2.76 bits per heavy atom. The molecule has 0 amide bonds. The third kappa shape index (κ3) is 3.42. The van der Waals surface area contributed by atoms with E-state index >= 15 is 0 Å². The molecule has 25 heavy (non-hydrogen) atoms. The van der Waals surface area contributed by atoms with E-state index in [1.807, 2.05) is 6.07 Å². The largest absolute Gasteiger partial charge is 0.503 e. The van der Waals surface area contributed by atoms with Crippen LogP contribution in [0.5, 0.6) is 11.5 Å². The van der Waals surface area contributed by atoms with Gasteiger partial charge in [-0.2, -0.15) is 5.26 Å². The highest BCUT2D eigenvalue weighted by atomic mass is 79.9. The Hall–Kier alpha value is -2.66. The molecular weight excluding hydrogens is 392 g/mol. The molecule has 1 aliphatic rings. The lowest BCUT2D eigenvalue weighted by Gasteiger charge is -2.27. The molecule has 8 heteroatoms. The first-order valence-electron chi connectivity index (χ1n) is 7.37. The summed E-state index contributed by atoms with van der Waals surface area (Å²) in [6.07, 6.45) is 0. The molecule has 0 spiro atoms. The number of esters is 1. The lowest BCUT2D eigenvalue weighted by Crippen LogP contribution is -2.25. The fourth-order valence-corrected chi connectivity index (χ4v) is 3.06. The summed E-state index contributed by atoms with van der Waals surface area (Å²) in [4.78, 5) is 12.4. The van der Waals surface area contributed by atoms with Crippen molar-refractivity contribution < 1.29 is 24.1 Å². The van der Waals surface area contributed by atoms with E-state index in [2.05, 4.69) is 15.9 Å². The smallest absolute Gasteiger partial charge is 0.338 e. The number of nitrogens with zero attached hydrogens (tertiary/aromatic N) is 1. The molecule has 7 nitrogen and oxygen atoms in total. The lowest BCUT2D eigenvalue weighted by molar-refractivity contribution is -0.139. The number of halogens is 1. The highest BCUT2D eigenvalue weighted by Crippen LogP contribution is 2.44. The number of ether oxygens (including phenoxy) is 3. The highest BCUT2D eigenvalue weighted by molar-refractivity contribution is 9.10. The molecule has 1 atom stereocenters. The number of nitrogens with two attached hydrogens (primary N) is 1. The quantitative estimate of drug-likeness (QED) is 0.735. The predicted molar refractivity (Wildman–Crippen MR) is 92.3 cm³/mol. The van der Waals surface area contributed by atoms with Gasteiger partial charge >= 0.3 is 5.97 Å². The Kier molecular flexibility index (Phi) is 5.59. The van der Waals surface area contributed by atoms with E-state index in [1.165, 1.54) is 13.2 Å². The summed E-state index contributed by atoms with van der Waals surface area (Å²) in [7, 11) is 1.40. The van der Waals surface area contributed by atoms with Crippen molar-refractivity contribution >= 4 is 21.9 Å². The third-order valence-electron chi connectivity index (χ3n) is 3.70. The fourth-order valence-electron chi connectivity index (χ4n) is 2.60. The van der Waals surface area contributed by atoms with Gasteiger partial charge in [0.25, 0.3) is 0 Å². The molecule has 0 radical (unpaired) electrons.